The Labute approximate surface area is 127 Å². The van der Waals surface area contributed by atoms with Crippen LogP contribution >= 0.6 is 0 Å². The average molecular weight is 283 g/mol. The normalized spacial score (nSPS) is 29.4. The minimum absolute atomic E-state index is 0.197. The summed E-state index contributed by atoms with van der Waals surface area (Å²) in [7, 11) is 0. The summed E-state index contributed by atoms with van der Waals surface area (Å²) in [6.07, 6.45) is 11.3. The van der Waals surface area contributed by atoms with E-state index in [-0.39, 0.29) is 5.91 Å². The van der Waals surface area contributed by atoms with E-state index in [4.69, 9.17) is 0 Å². The molecular weight excluding hydrogens is 258 g/mol. The van der Waals surface area contributed by atoms with Crippen molar-refractivity contribution < 1.29 is 4.79 Å². The molecule has 1 saturated heterocycles. The minimum Gasteiger partial charge on any atom is -0.333 e. The number of amides is 1. The van der Waals surface area contributed by atoms with Crippen molar-refractivity contribution in [2.24, 2.45) is 5.92 Å². The molecule has 0 radical (unpaired) electrons. The van der Waals surface area contributed by atoms with Crippen LogP contribution in [0.4, 0.5) is 0 Å². The van der Waals surface area contributed by atoms with Gasteiger partial charge >= 0.3 is 0 Å². The zero-order valence-electron chi connectivity index (χ0n) is 12.9. The van der Waals surface area contributed by atoms with Gasteiger partial charge in [-0.2, -0.15) is 0 Å². The summed E-state index contributed by atoms with van der Waals surface area (Å²) in [5.41, 5.74) is 1.09. The maximum Gasteiger partial charge on any atom is 0.247 e. The van der Waals surface area contributed by atoms with Gasteiger partial charge in [-0.05, 0) is 50.2 Å². The highest BCUT2D eigenvalue weighted by molar-refractivity contribution is 5.92. The first-order chi connectivity index (χ1) is 10.3. The first-order valence-corrected chi connectivity index (χ1v) is 8.31. The van der Waals surface area contributed by atoms with E-state index in [1.54, 1.807) is 6.08 Å². The van der Waals surface area contributed by atoms with E-state index in [1.807, 2.05) is 36.4 Å². The second kappa shape index (κ2) is 6.46. The fourth-order valence-corrected chi connectivity index (χ4v) is 4.01. The Kier molecular flexibility index (Phi) is 4.42. The van der Waals surface area contributed by atoms with Crippen molar-refractivity contribution in [3.63, 3.8) is 0 Å². The van der Waals surface area contributed by atoms with Crippen molar-refractivity contribution >= 4 is 12.0 Å². The zero-order valence-corrected chi connectivity index (χ0v) is 12.9. The van der Waals surface area contributed by atoms with E-state index in [1.165, 1.54) is 32.1 Å². The third-order valence-corrected chi connectivity index (χ3v) is 5.13. The fraction of sp³-hybridized carbons (Fsp3) is 0.526. The Bertz CT molecular complexity index is 508. The Morgan fingerprint density at radius 2 is 1.86 bits per heavy atom. The molecule has 3 unspecified atom stereocenters. The SMILES string of the molecule is CC1CCC2CCCCC2N1C(=O)C=Cc1ccccc1. The molecule has 2 nitrogen and oxygen atoms in total. The monoisotopic (exact) mass is 283 g/mol. The third-order valence-electron chi connectivity index (χ3n) is 5.13. The summed E-state index contributed by atoms with van der Waals surface area (Å²) < 4.78 is 0. The van der Waals surface area contributed by atoms with Crippen LogP contribution in [0.5, 0.6) is 0 Å². The van der Waals surface area contributed by atoms with Gasteiger partial charge in [0.15, 0.2) is 0 Å². The highest BCUT2D eigenvalue weighted by atomic mass is 16.2. The lowest BCUT2D eigenvalue weighted by Crippen LogP contribution is -2.53. The van der Waals surface area contributed by atoms with Crippen LogP contribution in [-0.2, 0) is 4.79 Å². The molecule has 1 heterocycles. The van der Waals surface area contributed by atoms with Crippen molar-refractivity contribution in [3.05, 3.63) is 42.0 Å². The molecule has 3 rings (SSSR count). The second-order valence-electron chi connectivity index (χ2n) is 6.53. The lowest BCUT2D eigenvalue weighted by atomic mass is 9.76. The van der Waals surface area contributed by atoms with Gasteiger partial charge < -0.3 is 4.90 Å². The Balaban J connectivity index is 1.73. The summed E-state index contributed by atoms with van der Waals surface area (Å²) in [5.74, 6) is 0.937. The van der Waals surface area contributed by atoms with Crippen LogP contribution in [0.1, 0.15) is 51.0 Å². The molecule has 1 amide bonds. The van der Waals surface area contributed by atoms with Crippen molar-refractivity contribution in [1.29, 1.82) is 0 Å². The average Bonchev–Trinajstić information content (AvgIpc) is 2.53. The molecule has 2 fully saturated rings. The summed E-state index contributed by atoms with van der Waals surface area (Å²) in [4.78, 5) is 14.8. The molecular formula is C19H25NO. The maximum atomic E-state index is 12.7. The fourth-order valence-electron chi connectivity index (χ4n) is 4.01. The number of fused-ring (bicyclic) bond motifs is 1. The molecule has 0 spiro atoms. The first-order valence-electron chi connectivity index (χ1n) is 8.31. The van der Waals surface area contributed by atoms with Gasteiger partial charge in [0.2, 0.25) is 5.91 Å². The van der Waals surface area contributed by atoms with E-state index in [0.29, 0.717) is 12.1 Å². The van der Waals surface area contributed by atoms with Crippen LogP contribution in [0, 0.1) is 5.92 Å². The standard InChI is InChI=1S/C19H25NO/c1-15-11-13-17-9-5-6-10-18(17)20(15)19(21)14-12-16-7-3-2-4-8-16/h2-4,7-8,12,14-15,17-18H,5-6,9-11,13H2,1H3. The van der Waals surface area contributed by atoms with Gasteiger partial charge in [0, 0.05) is 18.2 Å². The van der Waals surface area contributed by atoms with Gasteiger partial charge in [0.1, 0.15) is 0 Å². The molecule has 0 N–H and O–H groups in total. The second-order valence-corrected chi connectivity index (χ2v) is 6.53. The lowest BCUT2D eigenvalue weighted by molar-refractivity contribution is -0.135. The largest absolute Gasteiger partial charge is 0.333 e. The molecule has 1 aliphatic carbocycles. The van der Waals surface area contributed by atoms with Crippen LogP contribution in [0.15, 0.2) is 36.4 Å². The minimum atomic E-state index is 0.197. The van der Waals surface area contributed by atoms with Gasteiger partial charge in [-0.25, -0.2) is 0 Å². The number of carbonyl (C=O) groups is 1. The number of carbonyl (C=O) groups excluding carboxylic acids is 1. The molecule has 2 heteroatoms. The van der Waals surface area contributed by atoms with E-state index in [9.17, 15) is 4.79 Å². The summed E-state index contributed by atoms with van der Waals surface area (Å²) in [6.45, 7) is 2.21. The van der Waals surface area contributed by atoms with Crippen LogP contribution < -0.4 is 0 Å². The number of hydrogen-bond acceptors (Lipinski definition) is 1. The highest BCUT2D eigenvalue weighted by Gasteiger charge is 2.38. The predicted octanol–water partition coefficient (Wildman–Crippen LogP) is 4.27. The lowest BCUT2D eigenvalue weighted by Gasteiger charge is -2.47. The molecule has 0 bridgehead atoms. The maximum absolute atomic E-state index is 12.7. The van der Waals surface area contributed by atoms with Gasteiger partial charge in [-0.3, -0.25) is 4.79 Å². The zero-order chi connectivity index (χ0) is 14.7. The molecule has 1 aliphatic heterocycles. The number of piperidine rings is 1. The van der Waals surface area contributed by atoms with E-state index >= 15 is 0 Å². The summed E-state index contributed by atoms with van der Waals surface area (Å²) in [5, 5.41) is 0. The van der Waals surface area contributed by atoms with Crippen LogP contribution in [0.25, 0.3) is 6.08 Å². The molecule has 112 valence electrons. The quantitative estimate of drug-likeness (QED) is 0.742. The van der Waals surface area contributed by atoms with Gasteiger partial charge in [-0.15, -0.1) is 0 Å². The Hall–Kier alpha value is -1.57. The number of benzene rings is 1. The van der Waals surface area contributed by atoms with E-state index in [0.717, 1.165) is 17.9 Å². The topological polar surface area (TPSA) is 20.3 Å². The molecule has 1 saturated carbocycles. The van der Waals surface area contributed by atoms with Crippen molar-refractivity contribution in [3.8, 4) is 0 Å². The van der Waals surface area contributed by atoms with Gasteiger partial charge in [0.25, 0.3) is 0 Å². The molecule has 1 aromatic carbocycles. The van der Waals surface area contributed by atoms with Crippen molar-refractivity contribution in [2.75, 3.05) is 0 Å². The number of likely N-dealkylation sites (tertiary alicyclic amines) is 1. The third kappa shape index (κ3) is 3.20. The summed E-state index contributed by atoms with van der Waals surface area (Å²) in [6, 6.07) is 10.9. The molecule has 3 atom stereocenters. The first kappa shape index (κ1) is 14.4. The van der Waals surface area contributed by atoms with Crippen LogP contribution in [-0.4, -0.2) is 22.9 Å². The van der Waals surface area contributed by atoms with Crippen LogP contribution in [0.2, 0.25) is 0 Å². The van der Waals surface area contributed by atoms with Gasteiger partial charge in [0.05, 0.1) is 0 Å². The Morgan fingerprint density at radius 1 is 1.10 bits per heavy atom. The smallest absolute Gasteiger partial charge is 0.247 e. The van der Waals surface area contributed by atoms with Gasteiger partial charge in [-0.1, -0.05) is 43.2 Å². The van der Waals surface area contributed by atoms with E-state index in [2.05, 4.69) is 11.8 Å². The molecule has 0 aromatic heterocycles. The summed E-state index contributed by atoms with van der Waals surface area (Å²) >= 11 is 0. The number of rotatable bonds is 2. The number of nitrogens with zero attached hydrogens (tertiary/aromatic N) is 1. The van der Waals surface area contributed by atoms with Crippen molar-refractivity contribution in [1.82, 2.24) is 4.90 Å². The molecule has 1 aromatic rings. The van der Waals surface area contributed by atoms with Crippen molar-refractivity contribution in [2.45, 2.75) is 57.5 Å². The predicted molar refractivity (Wildman–Crippen MR) is 86.8 cm³/mol. The highest BCUT2D eigenvalue weighted by Crippen LogP contribution is 2.37. The molecule has 2 aliphatic rings. The molecule has 21 heavy (non-hydrogen) atoms. The Morgan fingerprint density at radius 3 is 2.67 bits per heavy atom. The van der Waals surface area contributed by atoms with Crippen LogP contribution in [0.3, 0.4) is 0 Å². The van der Waals surface area contributed by atoms with E-state index < -0.39 is 0 Å². The number of hydrogen-bond donors (Lipinski definition) is 0.